The number of aromatic nitrogens is 2. The largest absolute Gasteiger partial charge is 0.380 e. The number of rotatable bonds is 2. The lowest BCUT2D eigenvalue weighted by molar-refractivity contribution is 0.00198. The zero-order chi connectivity index (χ0) is 15.2. The van der Waals surface area contributed by atoms with Crippen molar-refractivity contribution in [2.24, 2.45) is 5.92 Å². The summed E-state index contributed by atoms with van der Waals surface area (Å²) in [6, 6.07) is 3.57. The monoisotopic (exact) mass is 307 g/mol. The van der Waals surface area contributed by atoms with Crippen LogP contribution >= 0.6 is 0 Å². The summed E-state index contributed by atoms with van der Waals surface area (Å²) >= 11 is 0. The normalized spacial score (nSPS) is 27.8. The molecular formula is C15H15F2N3O2. The first-order valence-corrected chi connectivity index (χ1v) is 7.27. The van der Waals surface area contributed by atoms with Crippen molar-refractivity contribution in [2.75, 3.05) is 26.3 Å². The van der Waals surface area contributed by atoms with Gasteiger partial charge < -0.3 is 14.6 Å². The van der Waals surface area contributed by atoms with Crippen LogP contribution in [-0.2, 0) is 10.2 Å². The second-order valence-electron chi connectivity index (χ2n) is 5.88. The van der Waals surface area contributed by atoms with E-state index in [9.17, 15) is 8.78 Å². The minimum Gasteiger partial charge on any atom is -0.380 e. The first kappa shape index (κ1) is 13.8. The maximum absolute atomic E-state index is 13.3. The molecule has 3 heterocycles. The Morgan fingerprint density at radius 2 is 2.18 bits per heavy atom. The average molecular weight is 307 g/mol. The molecule has 2 aromatic rings. The number of ether oxygens (including phenoxy) is 1. The van der Waals surface area contributed by atoms with Crippen LogP contribution in [-0.4, -0.2) is 36.4 Å². The maximum atomic E-state index is 13.3. The Morgan fingerprint density at radius 3 is 3.05 bits per heavy atom. The van der Waals surface area contributed by atoms with Gasteiger partial charge in [-0.25, -0.2) is 8.78 Å². The summed E-state index contributed by atoms with van der Waals surface area (Å²) in [5, 5.41) is 7.28. The summed E-state index contributed by atoms with van der Waals surface area (Å²) in [6.45, 7) is 2.88. The number of nitrogens with zero attached hydrogens (tertiary/aromatic N) is 2. The summed E-state index contributed by atoms with van der Waals surface area (Å²) in [5.41, 5.74) is 0.0757. The van der Waals surface area contributed by atoms with E-state index < -0.39 is 11.6 Å². The first-order chi connectivity index (χ1) is 10.7. The Kier molecular flexibility index (Phi) is 3.19. The van der Waals surface area contributed by atoms with Gasteiger partial charge in [0.05, 0.1) is 12.0 Å². The SMILES string of the molecule is Fc1ccc(-c2noc([C@]34CNC[C@H]3CCOC4)n2)cc1F. The third-order valence-electron chi connectivity index (χ3n) is 4.61. The summed E-state index contributed by atoms with van der Waals surface area (Å²) in [7, 11) is 0. The summed E-state index contributed by atoms with van der Waals surface area (Å²) in [5.74, 6) is -0.670. The Hall–Kier alpha value is -1.86. The van der Waals surface area contributed by atoms with Crippen LogP contribution in [0.25, 0.3) is 11.4 Å². The molecule has 7 heteroatoms. The van der Waals surface area contributed by atoms with E-state index in [2.05, 4.69) is 15.5 Å². The molecule has 4 rings (SSSR count). The average Bonchev–Trinajstić information content (AvgIpc) is 3.16. The van der Waals surface area contributed by atoms with Gasteiger partial charge in [0.15, 0.2) is 11.6 Å². The van der Waals surface area contributed by atoms with E-state index in [-0.39, 0.29) is 11.2 Å². The number of fused-ring (bicyclic) bond motifs is 1. The third kappa shape index (κ3) is 2.04. The number of nitrogens with one attached hydrogen (secondary N) is 1. The molecule has 2 atom stereocenters. The molecule has 2 saturated heterocycles. The van der Waals surface area contributed by atoms with Crippen LogP contribution < -0.4 is 5.32 Å². The Labute approximate surface area is 125 Å². The van der Waals surface area contributed by atoms with Crippen molar-refractivity contribution in [3.63, 3.8) is 0 Å². The molecule has 116 valence electrons. The van der Waals surface area contributed by atoms with Gasteiger partial charge in [-0.15, -0.1) is 0 Å². The maximum Gasteiger partial charge on any atom is 0.237 e. The quantitative estimate of drug-likeness (QED) is 0.918. The molecule has 2 aliphatic rings. The molecule has 0 unspecified atom stereocenters. The van der Waals surface area contributed by atoms with Crippen LogP contribution in [0, 0.1) is 17.6 Å². The zero-order valence-corrected chi connectivity index (χ0v) is 11.8. The van der Waals surface area contributed by atoms with E-state index in [4.69, 9.17) is 9.26 Å². The number of halogens is 2. The van der Waals surface area contributed by atoms with Crippen molar-refractivity contribution >= 4 is 0 Å². The van der Waals surface area contributed by atoms with E-state index >= 15 is 0 Å². The van der Waals surface area contributed by atoms with E-state index in [1.54, 1.807) is 0 Å². The Bertz CT molecular complexity index is 706. The van der Waals surface area contributed by atoms with Crippen LogP contribution in [0.2, 0.25) is 0 Å². The molecule has 5 nitrogen and oxygen atoms in total. The van der Waals surface area contributed by atoms with Crippen LogP contribution in [0.4, 0.5) is 8.78 Å². The minimum atomic E-state index is -0.927. The minimum absolute atomic E-state index is 0.263. The fraction of sp³-hybridized carbons (Fsp3) is 0.467. The molecule has 2 aliphatic heterocycles. The zero-order valence-electron chi connectivity index (χ0n) is 11.8. The van der Waals surface area contributed by atoms with Gasteiger partial charge in [0, 0.05) is 18.7 Å². The van der Waals surface area contributed by atoms with Crippen molar-refractivity contribution in [1.29, 1.82) is 0 Å². The predicted molar refractivity (Wildman–Crippen MR) is 73.1 cm³/mol. The first-order valence-electron chi connectivity index (χ1n) is 7.27. The number of benzene rings is 1. The summed E-state index contributed by atoms with van der Waals surface area (Å²) < 4.78 is 37.4. The fourth-order valence-corrected chi connectivity index (χ4v) is 3.33. The van der Waals surface area contributed by atoms with Gasteiger partial charge in [-0.3, -0.25) is 0 Å². The van der Waals surface area contributed by atoms with Crippen LogP contribution in [0.3, 0.4) is 0 Å². The summed E-state index contributed by atoms with van der Waals surface area (Å²) in [4.78, 5) is 4.42. The molecular weight excluding hydrogens is 292 g/mol. The highest BCUT2D eigenvalue weighted by molar-refractivity contribution is 5.54. The van der Waals surface area contributed by atoms with E-state index in [1.165, 1.54) is 6.07 Å². The van der Waals surface area contributed by atoms with Gasteiger partial charge >= 0.3 is 0 Å². The molecule has 1 aromatic heterocycles. The Balaban J connectivity index is 1.70. The highest BCUT2D eigenvalue weighted by Gasteiger charge is 2.50. The molecule has 0 spiro atoms. The van der Waals surface area contributed by atoms with Gasteiger partial charge in [-0.2, -0.15) is 4.98 Å². The van der Waals surface area contributed by atoms with Crippen molar-refractivity contribution in [3.05, 3.63) is 35.7 Å². The summed E-state index contributed by atoms with van der Waals surface area (Å²) in [6.07, 6.45) is 0.940. The third-order valence-corrected chi connectivity index (χ3v) is 4.61. The highest BCUT2D eigenvalue weighted by atomic mass is 19.2. The second-order valence-corrected chi connectivity index (χ2v) is 5.88. The smallest absolute Gasteiger partial charge is 0.237 e. The molecule has 0 radical (unpaired) electrons. The van der Waals surface area contributed by atoms with Gasteiger partial charge in [0.2, 0.25) is 11.7 Å². The van der Waals surface area contributed by atoms with Crippen molar-refractivity contribution < 1.29 is 18.0 Å². The number of hydrogen-bond acceptors (Lipinski definition) is 5. The lowest BCUT2D eigenvalue weighted by atomic mass is 9.75. The molecule has 0 bridgehead atoms. The number of hydrogen-bond donors (Lipinski definition) is 1. The van der Waals surface area contributed by atoms with E-state index in [1.807, 2.05) is 0 Å². The molecule has 0 amide bonds. The predicted octanol–water partition coefficient (Wildman–Crippen LogP) is 1.89. The lowest BCUT2D eigenvalue weighted by Gasteiger charge is -2.34. The Morgan fingerprint density at radius 1 is 1.27 bits per heavy atom. The van der Waals surface area contributed by atoms with Gasteiger partial charge in [-0.1, -0.05) is 5.16 Å². The van der Waals surface area contributed by atoms with Gasteiger partial charge in [0.25, 0.3) is 0 Å². The van der Waals surface area contributed by atoms with E-state index in [0.29, 0.717) is 24.0 Å². The fourth-order valence-electron chi connectivity index (χ4n) is 3.33. The van der Waals surface area contributed by atoms with Crippen molar-refractivity contribution in [3.8, 4) is 11.4 Å². The molecule has 1 N–H and O–H groups in total. The highest BCUT2D eigenvalue weighted by Crippen LogP contribution is 2.40. The van der Waals surface area contributed by atoms with Crippen molar-refractivity contribution in [1.82, 2.24) is 15.5 Å². The molecule has 0 aliphatic carbocycles. The molecule has 1 aromatic carbocycles. The van der Waals surface area contributed by atoms with E-state index in [0.717, 1.165) is 38.2 Å². The van der Waals surface area contributed by atoms with Crippen molar-refractivity contribution in [2.45, 2.75) is 11.8 Å². The standard InChI is InChI=1S/C15H15F2N3O2/c16-11-2-1-9(5-12(11)17)13-19-14(22-20-13)15-7-18-6-10(15)3-4-21-8-15/h1-2,5,10,18H,3-4,6-8H2/t10-,15+/m1/s1. The van der Waals surface area contributed by atoms with Gasteiger partial charge in [-0.05, 0) is 37.1 Å². The topological polar surface area (TPSA) is 60.2 Å². The van der Waals surface area contributed by atoms with Crippen LogP contribution in [0.15, 0.2) is 22.7 Å². The van der Waals surface area contributed by atoms with Crippen LogP contribution in [0.1, 0.15) is 12.3 Å². The molecule has 0 saturated carbocycles. The second kappa shape index (κ2) is 5.10. The van der Waals surface area contributed by atoms with Crippen LogP contribution in [0.5, 0.6) is 0 Å². The molecule has 22 heavy (non-hydrogen) atoms. The van der Waals surface area contributed by atoms with Gasteiger partial charge in [0.1, 0.15) is 0 Å². The lowest BCUT2D eigenvalue weighted by Crippen LogP contribution is -2.44. The molecule has 2 fully saturated rings.